The van der Waals surface area contributed by atoms with Crippen molar-refractivity contribution in [3.8, 4) is 16.3 Å². The molecule has 3 rings (SSSR count). The quantitative estimate of drug-likeness (QED) is 0.567. The average molecular weight is 410 g/mol. The fraction of sp³-hybridized carbons (Fsp3) is 0.227. The molecule has 0 aliphatic rings. The van der Waals surface area contributed by atoms with Gasteiger partial charge < -0.3 is 15.8 Å². The SMILES string of the molecule is CCOc1ccccc1-c1nc(CC(=O)NCCc2cccc(C(N)=O)c2)cs1. The minimum absolute atomic E-state index is 0.0917. The summed E-state index contributed by atoms with van der Waals surface area (Å²) in [6, 6.07) is 14.9. The lowest BCUT2D eigenvalue weighted by atomic mass is 10.1. The second-order valence-corrected chi connectivity index (χ2v) is 7.27. The Kier molecular flexibility index (Phi) is 6.97. The zero-order valence-electron chi connectivity index (χ0n) is 16.2. The van der Waals surface area contributed by atoms with E-state index < -0.39 is 5.91 Å². The van der Waals surface area contributed by atoms with Crippen molar-refractivity contribution in [3.05, 3.63) is 70.7 Å². The number of nitrogens with two attached hydrogens (primary N) is 1. The summed E-state index contributed by atoms with van der Waals surface area (Å²) in [5.41, 5.74) is 8.37. The fourth-order valence-electron chi connectivity index (χ4n) is 2.89. The zero-order valence-corrected chi connectivity index (χ0v) is 17.0. The van der Waals surface area contributed by atoms with E-state index in [1.807, 2.05) is 42.6 Å². The topological polar surface area (TPSA) is 94.3 Å². The predicted molar refractivity (Wildman–Crippen MR) is 114 cm³/mol. The molecular weight excluding hydrogens is 386 g/mol. The van der Waals surface area contributed by atoms with Crippen LogP contribution in [0, 0.1) is 0 Å². The van der Waals surface area contributed by atoms with Crippen molar-refractivity contribution in [2.45, 2.75) is 19.8 Å². The maximum absolute atomic E-state index is 12.2. The molecule has 0 aliphatic heterocycles. The Bertz CT molecular complexity index is 1000. The maximum atomic E-state index is 12.2. The summed E-state index contributed by atoms with van der Waals surface area (Å²) in [6.45, 7) is 3.00. The van der Waals surface area contributed by atoms with Crippen LogP contribution in [-0.4, -0.2) is 29.9 Å². The van der Waals surface area contributed by atoms with Gasteiger partial charge in [-0.25, -0.2) is 4.98 Å². The van der Waals surface area contributed by atoms with Gasteiger partial charge in [0.05, 0.1) is 24.3 Å². The summed E-state index contributed by atoms with van der Waals surface area (Å²) in [7, 11) is 0. The molecule has 2 amide bonds. The summed E-state index contributed by atoms with van der Waals surface area (Å²) >= 11 is 1.49. The third-order valence-corrected chi connectivity index (χ3v) is 5.18. The van der Waals surface area contributed by atoms with Crippen LogP contribution in [0.2, 0.25) is 0 Å². The molecule has 2 aromatic carbocycles. The van der Waals surface area contributed by atoms with Crippen molar-refractivity contribution >= 4 is 23.2 Å². The summed E-state index contributed by atoms with van der Waals surface area (Å²) < 4.78 is 5.66. The second-order valence-electron chi connectivity index (χ2n) is 6.41. The molecular formula is C22H23N3O3S. The molecule has 0 aliphatic carbocycles. The van der Waals surface area contributed by atoms with Crippen molar-refractivity contribution in [1.82, 2.24) is 10.3 Å². The predicted octanol–water partition coefficient (Wildman–Crippen LogP) is 3.21. The van der Waals surface area contributed by atoms with Crippen molar-refractivity contribution in [2.24, 2.45) is 5.73 Å². The highest BCUT2D eigenvalue weighted by Gasteiger charge is 2.12. The molecule has 0 saturated heterocycles. The van der Waals surface area contributed by atoms with Crippen LogP contribution < -0.4 is 15.8 Å². The lowest BCUT2D eigenvalue weighted by Gasteiger charge is -2.07. The minimum Gasteiger partial charge on any atom is -0.493 e. The molecule has 150 valence electrons. The van der Waals surface area contributed by atoms with Crippen LogP contribution in [0.1, 0.15) is 28.5 Å². The number of benzene rings is 2. The Morgan fingerprint density at radius 2 is 2.00 bits per heavy atom. The number of amides is 2. The number of para-hydroxylation sites is 1. The van der Waals surface area contributed by atoms with Crippen LogP contribution in [0.4, 0.5) is 0 Å². The highest BCUT2D eigenvalue weighted by atomic mass is 32.1. The number of rotatable bonds is 9. The summed E-state index contributed by atoms with van der Waals surface area (Å²) in [5, 5.41) is 5.62. The number of ether oxygens (including phenoxy) is 1. The number of carbonyl (C=O) groups excluding carboxylic acids is 2. The average Bonchev–Trinajstić information content (AvgIpc) is 3.17. The largest absolute Gasteiger partial charge is 0.493 e. The normalized spacial score (nSPS) is 10.5. The van der Waals surface area contributed by atoms with Gasteiger partial charge in [0, 0.05) is 17.5 Å². The Morgan fingerprint density at radius 3 is 2.79 bits per heavy atom. The first-order valence-corrected chi connectivity index (χ1v) is 10.3. The van der Waals surface area contributed by atoms with Crippen molar-refractivity contribution in [1.29, 1.82) is 0 Å². The molecule has 0 saturated carbocycles. The third kappa shape index (κ3) is 5.65. The Balaban J connectivity index is 1.54. The van der Waals surface area contributed by atoms with Crippen LogP contribution in [0.3, 0.4) is 0 Å². The van der Waals surface area contributed by atoms with Gasteiger partial charge in [-0.3, -0.25) is 9.59 Å². The molecule has 3 aromatic rings. The van der Waals surface area contributed by atoms with E-state index in [1.54, 1.807) is 18.2 Å². The number of carbonyl (C=O) groups is 2. The van der Waals surface area contributed by atoms with Crippen molar-refractivity contribution < 1.29 is 14.3 Å². The van der Waals surface area contributed by atoms with Crippen LogP contribution in [0.15, 0.2) is 53.9 Å². The summed E-state index contributed by atoms with van der Waals surface area (Å²) in [6.07, 6.45) is 0.839. The molecule has 6 nitrogen and oxygen atoms in total. The second kappa shape index (κ2) is 9.84. The van der Waals surface area contributed by atoms with E-state index in [4.69, 9.17) is 10.5 Å². The van der Waals surface area contributed by atoms with E-state index in [0.717, 1.165) is 27.6 Å². The van der Waals surface area contributed by atoms with Gasteiger partial charge >= 0.3 is 0 Å². The van der Waals surface area contributed by atoms with E-state index in [1.165, 1.54) is 11.3 Å². The molecule has 29 heavy (non-hydrogen) atoms. The Hall–Kier alpha value is -3.19. The molecule has 3 N–H and O–H groups in total. The number of nitrogens with one attached hydrogen (secondary N) is 1. The molecule has 0 spiro atoms. The lowest BCUT2D eigenvalue weighted by molar-refractivity contribution is -0.120. The first kappa shape index (κ1) is 20.5. The van der Waals surface area contributed by atoms with E-state index in [2.05, 4.69) is 10.3 Å². The molecule has 0 fully saturated rings. The van der Waals surface area contributed by atoms with E-state index in [0.29, 0.717) is 25.1 Å². The molecule has 7 heteroatoms. The molecule has 1 heterocycles. The maximum Gasteiger partial charge on any atom is 0.248 e. The highest BCUT2D eigenvalue weighted by Crippen LogP contribution is 2.32. The van der Waals surface area contributed by atoms with Crippen LogP contribution in [0.25, 0.3) is 10.6 Å². The number of aromatic nitrogens is 1. The van der Waals surface area contributed by atoms with Gasteiger partial charge in [-0.1, -0.05) is 24.3 Å². The third-order valence-electron chi connectivity index (χ3n) is 4.26. The van der Waals surface area contributed by atoms with Gasteiger partial charge in [-0.05, 0) is 43.2 Å². The number of nitrogens with zero attached hydrogens (tertiary/aromatic N) is 1. The number of thiazole rings is 1. The number of primary amides is 1. The summed E-state index contributed by atoms with van der Waals surface area (Å²) in [5.74, 6) is 0.241. The number of hydrogen-bond donors (Lipinski definition) is 2. The van der Waals surface area contributed by atoms with Crippen LogP contribution in [0.5, 0.6) is 5.75 Å². The standard InChI is InChI=1S/C22H23N3O3S/c1-2-28-19-9-4-3-8-18(19)22-25-17(14-29-22)13-20(26)24-11-10-15-6-5-7-16(12-15)21(23)27/h3-9,12,14H,2,10-11,13H2,1H3,(H2,23,27)(H,24,26). The van der Waals surface area contributed by atoms with Crippen LogP contribution >= 0.6 is 11.3 Å². The molecule has 1 aromatic heterocycles. The molecule has 0 radical (unpaired) electrons. The van der Waals surface area contributed by atoms with Crippen molar-refractivity contribution in [2.75, 3.05) is 13.2 Å². The smallest absolute Gasteiger partial charge is 0.248 e. The minimum atomic E-state index is -0.457. The zero-order chi connectivity index (χ0) is 20.6. The van der Waals surface area contributed by atoms with Gasteiger partial charge in [0.2, 0.25) is 11.8 Å². The first-order chi connectivity index (χ1) is 14.1. The summed E-state index contributed by atoms with van der Waals surface area (Å²) in [4.78, 5) is 28.1. The monoisotopic (exact) mass is 409 g/mol. The fourth-order valence-corrected chi connectivity index (χ4v) is 3.74. The van der Waals surface area contributed by atoms with Crippen molar-refractivity contribution in [3.63, 3.8) is 0 Å². The van der Waals surface area contributed by atoms with Gasteiger partial charge in [0.15, 0.2) is 0 Å². The first-order valence-electron chi connectivity index (χ1n) is 9.39. The van der Waals surface area contributed by atoms with Gasteiger partial charge in [0.25, 0.3) is 0 Å². The van der Waals surface area contributed by atoms with Gasteiger partial charge in [-0.2, -0.15) is 0 Å². The molecule has 0 bridgehead atoms. The van der Waals surface area contributed by atoms with E-state index in [-0.39, 0.29) is 12.3 Å². The van der Waals surface area contributed by atoms with Gasteiger partial charge in [0.1, 0.15) is 10.8 Å². The number of hydrogen-bond acceptors (Lipinski definition) is 5. The Labute approximate surface area is 173 Å². The Morgan fingerprint density at radius 1 is 1.17 bits per heavy atom. The van der Waals surface area contributed by atoms with Crippen LogP contribution in [-0.2, 0) is 17.6 Å². The van der Waals surface area contributed by atoms with E-state index >= 15 is 0 Å². The highest BCUT2D eigenvalue weighted by molar-refractivity contribution is 7.13. The molecule has 0 unspecified atom stereocenters. The van der Waals surface area contributed by atoms with Gasteiger partial charge in [-0.15, -0.1) is 11.3 Å². The van der Waals surface area contributed by atoms with E-state index in [9.17, 15) is 9.59 Å². The molecule has 0 atom stereocenters. The lowest BCUT2D eigenvalue weighted by Crippen LogP contribution is -2.27.